The highest BCUT2D eigenvalue weighted by atomic mass is 19.4. The number of carbonyl (C=O) groups excluding carboxylic acids is 2. The summed E-state index contributed by atoms with van der Waals surface area (Å²) < 4.78 is 44.6. The highest BCUT2D eigenvalue weighted by Crippen LogP contribution is 2.42. The zero-order valence-electron chi connectivity index (χ0n) is 14.0. The van der Waals surface area contributed by atoms with E-state index in [1.165, 1.54) is 11.0 Å². The number of ketones is 1. The molecule has 0 bridgehead atoms. The van der Waals surface area contributed by atoms with Gasteiger partial charge in [0.25, 0.3) is 0 Å². The molecule has 2 heterocycles. The number of Topliss-reactive ketones (excluding diaryl/α,β-unsaturated/α-hetero) is 1. The maximum Gasteiger partial charge on any atom is 0.416 e. The molecule has 2 aliphatic rings. The van der Waals surface area contributed by atoms with Gasteiger partial charge >= 0.3 is 12.2 Å². The number of amides is 2. The lowest BCUT2D eigenvalue weighted by atomic mass is 9.82. The minimum atomic E-state index is -4.49. The summed E-state index contributed by atoms with van der Waals surface area (Å²) in [5.41, 5.74) is -1.49. The van der Waals surface area contributed by atoms with Gasteiger partial charge in [0.1, 0.15) is 11.4 Å². The summed E-state index contributed by atoms with van der Waals surface area (Å²) in [6.07, 6.45) is -3.55. The monoisotopic (exact) mass is 356 g/mol. The van der Waals surface area contributed by atoms with Crippen molar-refractivity contribution in [3.63, 3.8) is 0 Å². The highest BCUT2D eigenvalue weighted by Gasteiger charge is 2.44. The fourth-order valence-corrected chi connectivity index (χ4v) is 3.34. The number of urea groups is 1. The first-order valence-electron chi connectivity index (χ1n) is 8.01. The van der Waals surface area contributed by atoms with Crippen LogP contribution in [0.3, 0.4) is 0 Å². The molecule has 1 aromatic carbocycles. The molecule has 0 N–H and O–H groups in total. The van der Waals surface area contributed by atoms with Crippen molar-refractivity contribution in [3.8, 4) is 5.75 Å². The van der Waals surface area contributed by atoms with Gasteiger partial charge in [-0.15, -0.1) is 0 Å². The lowest BCUT2D eigenvalue weighted by Gasteiger charge is -2.44. The number of nitrogens with zero attached hydrogens (tertiary/aromatic N) is 2. The molecule has 0 atom stereocenters. The van der Waals surface area contributed by atoms with Crippen molar-refractivity contribution in [1.29, 1.82) is 0 Å². The van der Waals surface area contributed by atoms with Crippen molar-refractivity contribution in [2.75, 3.05) is 27.2 Å². The van der Waals surface area contributed by atoms with Gasteiger partial charge in [-0.2, -0.15) is 13.2 Å². The summed E-state index contributed by atoms with van der Waals surface area (Å²) >= 11 is 0. The number of hydrogen-bond acceptors (Lipinski definition) is 3. The molecule has 0 saturated carbocycles. The van der Waals surface area contributed by atoms with Crippen LogP contribution >= 0.6 is 0 Å². The number of halogens is 3. The second-order valence-corrected chi connectivity index (χ2v) is 6.76. The minimum absolute atomic E-state index is 0.0153. The first-order chi connectivity index (χ1) is 11.6. The Morgan fingerprint density at radius 2 is 1.88 bits per heavy atom. The number of fused-ring (bicyclic) bond motifs is 1. The van der Waals surface area contributed by atoms with E-state index in [4.69, 9.17) is 4.74 Å². The molecule has 2 aliphatic heterocycles. The van der Waals surface area contributed by atoms with Crippen LogP contribution < -0.4 is 4.74 Å². The first kappa shape index (κ1) is 17.6. The third kappa shape index (κ3) is 3.29. The topological polar surface area (TPSA) is 49.9 Å². The van der Waals surface area contributed by atoms with Crippen molar-refractivity contribution >= 4 is 11.8 Å². The van der Waals surface area contributed by atoms with E-state index in [9.17, 15) is 22.8 Å². The number of ether oxygens (including phenoxy) is 1. The van der Waals surface area contributed by atoms with Crippen molar-refractivity contribution in [2.24, 2.45) is 0 Å². The lowest BCUT2D eigenvalue weighted by molar-refractivity contribution is -0.137. The van der Waals surface area contributed by atoms with Crippen LogP contribution in [0.25, 0.3) is 0 Å². The van der Waals surface area contributed by atoms with Crippen molar-refractivity contribution in [1.82, 2.24) is 9.80 Å². The van der Waals surface area contributed by atoms with Crippen molar-refractivity contribution in [2.45, 2.75) is 31.0 Å². The van der Waals surface area contributed by atoms with E-state index in [0.717, 1.165) is 12.1 Å². The maximum atomic E-state index is 12.9. The first-order valence-corrected chi connectivity index (χ1v) is 8.01. The molecule has 0 radical (unpaired) electrons. The van der Waals surface area contributed by atoms with Crippen LogP contribution in [0.5, 0.6) is 5.75 Å². The van der Waals surface area contributed by atoms with E-state index in [2.05, 4.69) is 0 Å². The number of carbonyl (C=O) groups is 2. The van der Waals surface area contributed by atoms with Gasteiger partial charge in [0.2, 0.25) is 0 Å². The van der Waals surface area contributed by atoms with E-state index in [-0.39, 0.29) is 29.5 Å². The molecule has 1 aromatic rings. The molecule has 0 aliphatic carbocycles. The van der Waals surface area contributed by atoms with Crippen LogP contribution in [0.2, 0.25) is 0 Å². The number of alkyl halides is 3. The Labute approximate surface area is 143 Å². The molecule has 0 aromatic heterocycles. The average Bonchev–Trinajstić information content (AvgIpc) is 2.53. The van der Waals surface area contributed by atoms with Gasteiger partial charge in [-0.05, 0) is 18.2 Å². The van der Waals surface area contributed by atoms with Crippen LogP contribution in [-0.2, 0) is 6.18 Å². The predicted octanol–water partition coefficient (Wildman–Crippen LogP) is 3.19. The number of rotatable bonds is 0. The molecule has 1 spiro atoms. The van der Waals surface area contributed by atoms with Crippen molar-refractivity contribution < 1.29 is 27.5 Å². The molecular weight excluding hydrogens is 337 g/mol. The maximum absolute atomic E-state index is 12.9. The molecule has 0 unspecified atom stereocenters. The molecule has 1 saturated heterocycles. The Morgan fingerprint density at radius 1 is 1.24 bits per heavy atom. The second kappa shape index (κ2) is 5.93. The largest absolute Gasteiger partial charge is 0.486 e. The van der Waals surface area contributed by atoms with Gasteiger partial charge in [0, 0.05) is 40.0 Å². The fourth-order valence-electron chi connectivity index (χ4n) is 3.34. The van der Waals surface area contributed by atoms with Crippen LogP contribution in [0.15, 0.2) is 18.2 Å². The smallest absolute Gasteiger partial charge is 0.416 e. The molecule has 3 rings (SSSR count). The van der Waals surface area contributed by atoms with Crippen LogP contribution in [0.1, 0.15) is 35.2 Å². The Hall–Kier alpha value is -2.25. The third-order valence-corrected chi connectivity index (χ3v) is 4.75. The summed E-state index contributed by atoms with van der Waals surface area (Å²) in [6, 6.07) is 2.84. The number of benzene rings is 1. The number of hydrogen-bond donors (Lipinski definition) is 0. The predicted molar refractivity (Wildman–Crippen MR) is 83.6 cm³/mol. The molecule has 1 fully saturated rings. The van der Waals surface area contributed by atoms with E-state index in [0.29, 0.717) is 25.9 Å². The number of likely N-dealkylation sites (tertiary alicyclic amines) is 1. The molecular formula is C17H19F3N2O3. The summed E-state index contributed by atoms with van der Waals surface area (Å²) in [4.78, 5) is 27.5. The van der Waals surface area contributed by atoms with Gasteiger partial charge in [-0.25, -0.2) is 4.79 Å². The molecule has 136 valence electrons. The van der Waals surface area contributed by atoms with Crippen molar-refractivity contribution in [3.05, 3.63) is 29.3 Å². The van der Waals surface area contributed by atoms with Gasteiger partial charge < -0.3 is 14.5 Å². The van der Waals surface area contributed by atoms with Gasteiger partial charge in [0.05, 0.1) is 17.5 Å². The van der Waals surface area contributed by atoms with Crippen LogP contribution in [0.4, 0.5) is 18.0 Å². The summed E-state index contributed by atoms with van der Waals surface area (Å²) in [5, 5.41) is 0. The minimum Gasteiger partial charge on any atom is -0.486 e. The van der Waals surface area contributed by atoms with E-state index in [1.54, 1.807) is 19.0 Å². The molecule has 2 amide bonds. The zero-order valence-corrected chi connectivity index (χ0v) is 14.0. The van der Waals surface area contributed by atoms with Gasteiger partial charge in [0.15, 0.2) is 5.78 Å². The SMILES string of the molecule is CN(C)C(=O)N1CCC2(CC1)CC(=O)c1ccc(C(F)(F)F)cc1O2. The average molecular weight is 356 g/mol. The van der Waals surface area contributed by atoms with Crippen LogP contribution in [-0.4, -0.2) is 54.4 Å². The summed E-state index contributed by atoms with van der Waals surface area (Å²) in [7, 11) is 3.31. The zero-order chi connectivity index (χ0) is 18.4. The summed E-state index contributed by atoms with van der Waals surface area (Å²) in [5.74, 6) is -0.235. The Balaban J connectivity index is 1.82. The fraction of sp³-hybridized carbons (Fsp3) is 0.529. The lowest BCUT2D eigenvalue weighted by Crippen LogP contribution is -2.53. The molecule has 25 heavy (non-hydrogen) atoms. The van der Waals surface area contributed by atoms with E-state index >= 15 is 0 Å². The Kier molecular flexibility index (Phi) is 4.17. The van der Waals surface area contributed by atoms with Gasteiger partial charge in [-0.3, -0.25) is 4.79 Å². The van der Waals surface area contributed by atoms with E-state index < -0.39 is 17.3 Å². The highest BCUT2D eigenvalue weighted by molar-refractivity contribution is 6.00. The molecule has 8 heteroatoms. The Bertz CT molecular complexity index is 708. The molecule has 5 nitrogen and oxygen atoms in total. The second-order valence-electron chi connectivity index (χ2n) is 6.76. The third-order valence-electron chi connectivity index (χ3n) is 4.75. The number of piperidine rings is 1. The quantitative estimate of drug-likeness (QED) is 0.717. The van der Waals surface area contributed by atoms with Crippen LogP contribution in [0, 0.1) is 0 Å². The Morgan fingerprint density at radius 3 is 2.44 bits per heavy atom. The van der Waals surface area contributed by atoms with Gasteiger partial charge in [-0.1, -0.05) is 0 Å². The normalized spacial score (nSPS) is 19.4. The van der Waals surface area contributed by atoms with E-state index in [1.807, 2.05) is 0 Å². The standard InChI is InChI=1S/C17H19F3N2O3/c1-21(2)15(24)22-7-5-16(6-8-22)10-13(23)12-4-3-11(17(18,19)20)9-14(12)25-16/h3-4,9H,5-8,10H2,1-2H3. The summed E-state index contributed by atoms with van der Waals surface area (Å²) in [6.45, 7) is 0.803.